The maximum atomic E-state index is 12.2. The third-order valence-electron chi connectivity index (χ3n) is 3.71. The standard InChI is InChI=1S/C18H18N2O4S2/c1-2-22-18(21)16-13(12(9-19)17(20)26-16)10-25-11-4-5-14-15(8-11)24-7-3-6-23-14/h4-5,8H,2-3,6-7,10,20H2,1H3. The SMILES string of the molecule is CCOC(=O)c1sc(N)c(C#N)c1CSc1ccc2c(c1)OCCCO2. The Labute approximate surface area is 159 Å². The molecule has 1 aliphatic heterocycles. The lowest BCUT2D eigenvalue weighted by molar-refractivity contribution is 0.0531. The first-order chi connectivity index (χ1) is 12.6. The highest BCUT2D eigenvalue weighted by atomic mass is 32.2. The van der Waals surface area contributed by atoms with Crippen molar-refractivity contribution >= 4 is 34.1 Å². The van der Waals surface area contributed by atoms with Crippen molar-refractivity contribution in [2.45, 2.75) is 24.0 Å². The van der Waals surface area contributed by atoms with Gasteiger partial charge in [0.1, 0.15) is 15.9 Å². The van der Waals surface area contributed by atoms with E-state index in [1.165, 1.54) is 11.8 Å². The Morgan fingerprint density at radius 3 is 2.88 bits per heavy atom. The minimum absolute atomic E-state index is 0.271. The van der Waals surface area contributed by atoms with Crippen LogP contribution in [-0.2, 0) is 10.5 Å². The van der Waals surface area contributed by atoms with Crippen LogP contribution in [0, 0.1) is 11.3 Å². The number of fused-ring (bicyclic) bond motifs is 1. The summed E-state index contributed by atoms with van der Waals surface area (Å²) in [7, 11) is 0. The molecule has 0 fully saturated rings. The maximum absolute atomic E-state index is 12.2. The Bertz CT molecular complexity index is 858. The molecule has 0 unspecified atom stereocenters. The number of nitrogen functional groups attached to an aromatic ring is 1. The molecule has 0 aliphatic carbocycles. The van der Waals surface area contributed by atoms with Crippen LogP contribution in [0.2, 0.25) is 0 Å². The summed E-state index contributed by atoms with van der Waals surface area (Å²) in [5.74, 6) is 1.43. The van der Waals surface area contributed by atoms with Crippen molar-refractivity contribution in [2.24, 2.45) is 0 Å². The largest absolute Gasteiger partial charge is 0.490 e. The number of hydrogen-bond acceptors (Lipinski definition) is 8. The van der Waals surface area contributed by atoms with Gasteiger partial charge >= 0.3 is 5.97 Å². The topological polar surface area (TPSA) is 94.6 Å². The quantitative estimate of drug-likeness (QED) is 0.612. The molecule has 0 spiro atoms. The van der Waals surface area contributed by atoms with E-state index in [-0.39, 0.29) is 6.61 Å². The number of ether oxygens (including phenoxy) is 3. The molecule has 0 saturated heterocycles. The van der Waals surface area contributed by atoms with E-state index in [9.17, 15) is 10.1 Å². The summed E-state index contributed by atoms with van der Waals surface area (Å²) in [6.45, 7) is 3.27. The van der Waals surface area contributed by atoms with Crippen LogP contribution in [-0.4, -0.2) is 25.8 Å². The molecule has 2 aromatic rings. The summed E-state index contributed by atoms with van der Waals surface area (Å²) in [6, 6.07) is 7.82. The molecule has 6 nitrogen and oxygen atoms in total. The Morgan fingerprint density at radius 1 is 1.38 bits per heavy atom. The molecule has 8 heteroatoms. The number of nitrogens with two attached hydrogens (primary N) is 1. The highest BCUT2D eigenvalue weighted by Crippen LogP contribution is 2.38. The lowest BCUT2D eigenvalue weighted by Crippen LogP contribution is -2.05. The van der Waals surface area contributed by atoms with E-state index in [2.05, 4.69) is 6.07 Å². The summed E-state index contributed by atoms with van der Waals surface area (Å²) in [4.78, 5) is 13.5. The molecule has 0 amide bonds. The van der Waals surface area contributed by atoms with Crippen molar-refractivity contribution in [3.05, 3.63) is 34.2 Å². The molecule has 0 atom stereocenters. The van der Waals surface area contributed by atoms with Gasteiger partial charge in [-0.2, -0.15) is 5.26 Å². The fourth-order valence-corrected chi connectivity index (χ4v) is 4.47. The Balaban J connectivity index is 1.82. The van der Waals surface area contributed by atoms with Crippen LogP contribution in [0.15, 0.2) is 23.1 Å². The van der Waals surface area contributed by atoms with Gasteiger partial charge in [-0.3, -0.25) is 0 Å². The second-order valence-corrected chi connectivity index (χ2v) is 7.53. The molecule has 26 heavy (non-hydrogen) atoms. The zero-order valence-electron chi connectivity index (χ0n) is 14.2. The second kappa shape index (κ2) is 8.34. The van der Waals surface area contributed by atoms with Crippen LogP contribution < -0.4 is 15.2 Å². The predicted octanol–water partition coefficient (Wildman–Crippen LogP) is 3.83. The Hall–Kier alpha value is -2.37. The fraction of sp³-hybridized carbons (Fsp3) is 0.333. The molecule has 0 saturated carbocycles. The van der Waals surface area contributed by atoms with Crippen LogP contribution in [0.4, 0.5) is 5.00 Å². The van der Waals surface area contributed by atoms with Crippen LogP contribution in [0.25, 0.3) is 0 Å². The summed E-state index contributed by atoms with van der Waals surface area (Å²) in [5, 5.41) is 9.73. The van der Waals surface area contributed by atoms with Crippen molar-refractivity contribution in [3.63, 3.8) is 0 Å². The Morgan fingerprint density at radius 2 is 2.15 bits per heavy atom. The molecule has 1 aromatic carbocycles. The number of anilines is 1. The van der Waals surface area contributed by atoms with Crippen molar-refractivity contribution in [1.82, 2.24) is 0 Å². The zero-order valence-corrected chi connectivity index (χ0v) is 15.9. The molecule has 1 aromatic heterocycles. The summed E-state index contributed by atoms with van der Waals surface area (Å²) in [6.07, 6.45) is 0.847. The van der Waals surface area contributed by atoms with Gasteiger partial charge in [0.15, 0.2) is 11.5 Å². The third kappa shape index (κ3) is 3.89. The first-order valence-electron chi connectivity index (χ1n) is 8.14. The Kier molecular flexibility index (Phi) is 5.91. The van der Waals surface area contributed by atoms with Crippen LogP contribution in [0.1, 0.15) is 34.1 Å². The number of nitriles is 1. The summed E-state index contributed by atoms with van der Waals surface area (Å²) < 4.78 is 16.4. The van der Waals surface area contributed by atoms with E-state index >= 15 is 0 Å². The first kappa shape index (κ1) is 18.4. The van der Waals surface area contributed by atoms with Crippen molar-refractivity contribution in [3.8, 4) is 17.6 Å². The lowest BCUT2D eigenvalue weighted by Gasteiger charge is -2.09. The minimum Gasteiger partial charge on any atom is -0.490 e. The van der Waals surface area contributed by atoms with E-state index in [1.807, 2.05) is 18.2 Å². The van der Waals surface area contributed by atoms with Gasteiger partial charge in [0.05, 0.1) is 25.4 Å². The normalized spacial score (nSPS) is 12.9. The first-order valence-corrected chi connectivity index (χ1v) is 9.95. The van der Waals surface area contributed by atoms with Gasteiger partial charge in [0.25, 0.3) is 0 Å². The van der Waals surface area contributed by atoms with Crippen molar-refractivity contribution in [1.29, 1.82) is 5.26 Å². The summed E-state index contributed by atoms with van der Waals surface area (Å²) in [5.41, 5.74) is 6.87. The molecular weight excluding hydrogens is 372 g/mol. The highest BCUT2D eigenvalue weighted by Gasteiger charge is 2.23. The van der Waals surface area contributed by atoms with E-state index in [0.717, 1.165) is 28.4 Å². The van der Waals surface area contributed by atoms with E-state index < -0.39 is 5.97 Å². The number of esters is 1. The minimum atomic E-state index is -0.444. The third-order valence-corrected chi connectivity index (χ3v) is 5.77. The average molecular weight is 390 g/mol. The monoisotopic (exact) mass is 390 g/mol. The van der Waals surface area contributed by atoms with Gasteiger partial charge in [-0.05, 0) is 25.1 Å². The number of benzene rings is 1. The van der Waals surface area contributed by atoms with E-state index in [0.29, 0.717) is 45.7 Å². The van der Waals surface area contributed by atoms with Crippen LogP contribution >= 0.6 is 23.1 Å². The number of nitrogens with zero attached hydrogens (tertiary/aromatic N) is 1. The molecule has 0 bridgehead atoms. The maximum Gasteiger partial charge on any atom is 0.348 e. The van der Waals surface area contributed by atoms with Crippen molar-refractivity contribution < 1.29 is 19.0 Å². The number of carbonyl (C=O) groups excluding carboxylic acids is 1. The summed E-state index contributed by atoms with van der Waals surface area (Å²) >= 11 is 2.60. The van der Waals surface area contributed by atoms with Gasteiger partial charge in [-0.1, -0.05) is 0 Å². The molecule has 136 valence electrons. The number of thiophene rings is 1. The fourth-order valence-electron chi connectivity index (χ4n) is 2.50. The van der Waals surface area contributed by atoms with Crippen molar-refractivity contribution in [2.75, 3.05) is 25.6 Å². The zero-order chi connectivity index (χ0) is 18.5. The molecule has 3 rings (SSSR count). The van der Waals surface area contributed by atoms with Gasteiger partial charge in [-0.15, -0.1) is 23.1 Å². The molecule has 1 aliphatic rings. The number of thioether (sulfide) groups is 1. The lowest BCUT2D eigenvalue weighted by atomic mass is 10.2. The van der Waals surface area contributed by atoms with E-state index in [1.54, 1.807) is 6.92 Å². The number of rotatable bonds is 5. The number of carbonyl (C=O) groups is 1. The van der Waals surface area contributed by atoms with Gasteiger partial charge in [0.2, 0.25) is 0 Å². The van der Waals surface area contributed by atoms with Crippen LogP contribution in [0.3, 0.4) is 0 Å². The molecular formula is C18H18N2O4S2. The predicted molar refractivity (Wildman–Crippen MR) is 101 cm³/mol. The molecule has 2 N–H and O–H groups in total. The van der Waals surface area contributed by atoms with E-state index in [4.69, 9.17) is 19.9 Å². The second-order valence-electron chi connectivity index (χ2n) is 5.43. The smallest absolute Gasteiger partial charge is 0.348 e. The average Bonchev–Trinajstić information content (AvgIpc) is 2.80. The number of hydrogen-bond donors (Lipinski definition) is 1. The highest BCUT2D eigenvalue weighted by molar-refractivity contribution is 7.98. The van der Waals surface area contributed by atoms with Gasteiger partial charge < -0.3 is 19.9 Å². The van der Waals surface area contributed by atoms with Gasteiger partial charge in [-0.25, -0.2) is 4.79 Å². The molecule has 0 radical (unpaired) electrons. The van der Waals surface area contributed by atoms with Gasteiger partial charge in [0, 0.05) is 22.6 Å². The van der Waals surface area contributed by atoms with Crippen LogP contribution in [0.5, 0.6) is 11.5 Å². The molecule has 2 heterocycles.